The van der Waals surface area contributed by atoms with Crippen LogP contribution in [-0.2, 0) is 0 Å². The topological polar surface area (TPSA) is 38.0 Å². The van der Waals surface area contributed by atoms with Crippen LogP contribution in [0.25, 0.3) is 0 Å². The lowest BCUT2D eigenvalue weighted by atomic mass is 9.78. The van der Waals surface area contributed by atoms with Crippen LogP contribution < -0.4 is 11.3 Å². The van der Waals surface area contributed by atoms with Crippen LogP contribution >= 0.6 is 0 Å². The Hall–Kier alpha value is -0.0800. The summed E-state index contributed by atoms with van der Waals surface area (Å²) in [6.07, 6.45) is 11.7. The number of rotatable bonds is 3. The van der Waals surface area contributed by atoms with Crippen molar-refractivity contribution >= 4 is 0 Å². The fraction of sp³-hybridized carbons (Fsp3) is 1.00. The van der Waals surface area contributed by atoms with Gasteiger partial charge in [-0.15, -0.1) is 0 Å². The smallest absolute Gasteiger partial charge is 0.0269 e. The molecule has 0 aromatic rings. The Morgan fingerprint density at radius 1 is 1.00 bits per heavy atom. The molecule has 0 aliphatic heterocycles. The van der Waals surface area contributed by atoms with E-state index in [9.17, 15) is 0 Å². The van der Waals surface area contributed by atoms with Crippen LogP contribution in [0.4, 0.5) is 0 Å². The van der Waals surface area contributed by atoms with Crippen LogP contribution in [0.2, 0.25) is 0 Å². The van der Waals surface area contributed by atoms with Gasteiger partial charge in [0.25, 0.3) is 0 Å². The molecule has 0 amide bonds. The third kappa shape index (κ3) is 1.72. The van der Waals surface area contributed by atoms with Crippen molar-refractivity contribution in [2.75, 3.05) is 0 Å². The van der Waals surface area contributed by atoms with Gasteiger partial charge in [0.1, 0.15) is 0 Å². The average Bonchev–Trinajstić information content (AvgIpc) is 2.94. The van der Waals surface area contributed by atoms with Gasteiger partial charge in [-0.1, -0.05) is 19.3 Å². The fourth-order valence-electron chi connectivity index (χ4n) is 4.66. The van der Waals surface area contributed by atoms with Gasteiger partial charge in [-0.05, 0) is 55.8 Å². The van der Waals surface area contributed by atoms with Crippen LogP contribution in [0.3, 0.4) is 0 Å². The molecule has 2 nitrogen and oxygen atoms in total. The molecule has 3 aliphatic rings. The minimum absolute atomic E-state index is 0.641. The van der Waals surface area contributed by atoms with Gasteiger partial charge in [0, 0.05) is 6.04 Å². The van der Waals surface area contributed by atoms with Crippen molar-refractivity contribution in [3.05, 3.63) is 0 Å². The third-order valence-electron chi connectivity index (χ3n) is 5.35. The highest BCUT2D eigenvalue weighted by Crippen LogP contribution is 2.51. The zero-order chi connectivity index (χ0) is 10.3. The van der Waals surface area contributed by atoms with E-state index in [1.807, 2.05) is 0 Å². The summed E-state index contributed by atoms with van der Waals surface area (Å²) in [4.78, 5) is 0. The maximum absolute atomic E-state index is 5.81. The lowest BCUT2D eigenvalue weighted by Crippen LogP contribution is -2.47. The van der Waals surface area contributed by atoms with Crippen LogP contribution in [0.5, 0.6) is 0 Å². The van der Waals surface area contributed by atoms with E-state index in [-0.39, 0.29) is 0 Å². The second kappa shape index (κ2) is 4.06. The lowest BCUT2D eigenvalue weighted by Gasteiger charge is -2.34. The summed E-state index contributed by atoms with van der Waals surface area (Å²) in [6, 6.07) is 0.641. The maximum Gasteiger partial charge on any atom is 0.0269 e. The molecule has 86 valence electrons. The third-order valence-corrected chi connectivity index (χ3v) is 5.35. The summed E-state index contributed by atoms with van der Waals surface area (Å²) in [5.41, 5.74) is 3.17. The number of hydrogen-bond donors (Lipinski definition) is 2. The first-order valence-electron chi connectivity index (χ1n) is 6.84. The monoisotopic (exact) mass is 208 g/mol. The van der Waals surface area contributed by atoms with Crippen LogP contribution in [0.1, 0.15) is 51.4 Å². The second-order valence-corrected chi connectivity index (χ2v) is 6.08. The largest absolute Gasteiger partial charge is 0.271 e. The minimum atomic E-state index is 0.641. The summed E-state index contributed by atoms with van der Waals surface area (Å²) in [5, 5.41) is 0. The van der Waals surface area contributed by atoms with E-state index in [1.54, 1.807) is 0 Å². The molecule has 3 N–H and O–H groups in total. The first kappa shape index (κ1) is 10.1. The molecule has 0 aromatic carbocycles. The fourth-order valence-corrected chi connectivity index (χ4v) is 4.66. The number of hydrazine groups is 1. The molecule has 0 spiro atoms. The van der Waals surface area contributed by atoms with Gasteiger partial charge in [-0.2, -0.15) is 0 Å². The van der Waals surface area contributed by atoms with Crippen molar-refractivity contribution in [3.8, 4) is 0 Å². The second-order valence-electron chi connectivity index (χ2n) is 6.08. The molecule has 0 aromatic heterocycles. The van der Waals surface area contributed by atoms with Crippen LogP contribution in [0, 0.1) is 23.7 Å². The molecule has 0 heterocycles. The first-order valence-corrected chi connectivity index (χ1v) is 6.84. The maximum atomic E-state index is 5.81. The highest BCUT2D eigenvalue weighted by Gasteiger charge is 2.45. The average molecular weight is 208 g/mol. The summed E-state index contributed by atoms with van der Waals surface area (Å²) in [7, 11) is 0. The number of nitrogens with two attached hydrogens (primary N) is 1. The van der Waals surface area contributed by atoms with Crippen LogP contribution in [-0.4, -0.2) is 6.04 Å². The molecular weight excluding hydrogens is 184 g/mol. The Morgan fingerprint density at radius 2 is 1.80 bits per heavy atom. The van der Waals surface area contributed by atoms with Crippen molar-refractivity contribution in [2.45, 2.75) is 57.4 Å². The summed E-state index contributed by atoms with van der Waals surface area (Å²) in [5.74, 6) is 9.68. The van der Waals surface area contributed by atoms with Gasteiger partial charge >= 0.3 is 0 Å². The molecule has 3 fully saturated rings. The minimum Gasteiger partial charge on any atom is -0.271 e. The molecule has 2 bridgehead atoms. The molecule has 4 unspecified atom stereocenters. The zero-order valence-corrected chi connectivity index (χ0v) is 9.62. The Morgan fingerprint density at radius 3 is 2.33 bits per heavy atom. The Bertz CT molecular complexity index is 223. The van der Waals surface area contributed by atoms with E-state index in [2.05, 4.69) is 5.43 Å². The molecule has 3 aliphatic carbocycles. The zero-order valence-electron chi connectivity index (χ0n) is 9.62. The first-order chi connectivity index (χ1) is 7.38. The van der Waals surface area contributed by atoms with E-state index in [4.69, 9.17) is 5.84 Å². The van der Waals surface area contributed by atoms with Crippen molar-refractivity contribution in [1.29, 1.82) is 0 Å². The van der Waals surface area contributed by atoms with Crippen molar-refractivity contribution in [3.63, 3.8) is 0 Å². The highest BCUT2D eigenvalue weighted by molar-refractivity contribution is 4.97. The van der Waals surface area contributed by atoms with E-state index in [1.165, 1.54) is 51.4 Å². The van der Waals surface area contributed by atoms with Gasteiger partial charge < -0.3 is 0 Å². The SMILES string of the molecule is NNC(C1CCCC1)C1CC2CCC1C2. The Labute approximate surface area is 93.0 Å². The van der Waals surface area contributed by atoms with Gasteiger partial charge in [-0.25, -0.2) is 0 Å². The molecule has 3 saturated carbocycles. The van der Waals surface area contributed by atoms with Crippen molar-refractivity contribution < 1.29 is 0 Å². The quantitative estimate of drug-likeness (QED) is 0.552. The normalized spacial score (nSPS) is 42.6. The molecule has 3 rings (SSSR count). The van der Waals surface area contributed by atoms with Gasteiger partial charge in [0.05, 0.1) is 0 Å². The highest BCUT2D eigenvalue weighted by atomic mass is 15.2. The summed E-state index contributed by atoms with van der Waals surface area (Å²) >= 11 is 0. The van der Waals surface area contributed by atoms with E-state index < -0.39 is 0 Å². The molecular formula is C13H24N2. The van der Waals surface area contributed by atoms with Crippen molar-refractivity contribution in [2.24, 2.45) is 29.5 Å². The number of nitrogens with one attached hydrogen (secondary N) is 1. The lowest BCUT2D eigenvalue weighted by molar-refractivity contribution is 0.192. The molecule has 15 heavy (non-hydrogen) atoms. The molecule has 0 saturated heterocycles. The van der Waals surface area contributed by atoms with Gasteiger partial charge in [0.15, 0.2) is 0 Å². The van der Waals surface area contributed by atoms with Crippen molar-refractivity contribution in [1.82, 2.24) is 5.43 Å². The summed E-state index contributed by atoms with van der Waals surface area (Å²) < 4.78 is 0. The Kier molecular flexibility index (Phi) is 2.73. The van der Waals surface area contributed by atoms with Gasteiger partial charge in [-0.3, -0.25) is 11.3 Å². The number of fused-ring (bicyclic) bond motifs is 2. The molecule has 4 atom stereocenters. The van der Waals surface area contributed by atoms with Gasteiger partial charge in [0.2, 0.25) is 0 Å². The predicted octanol–water partition coefficient (Wildman–Crippen LogP) is 2.44. The molecule has 2 heteroatoms. The standard InChI is InChI=1S/C13H24N2/c14-15-13(10-3-1-2-4-10)12-8-9-5-6-11(12)7-9/h9-13,15H,1-8,14H2. The predicted molar refractivity (Wildman–Crippen MR) is 62.0 cm³/mol. The van der Waals surface area contributed by atoms with E-state index in [0.29, 0.717) is 6.04 Å². The van der Waals surface area contributed by atoms with E-state index in [0.717, 1.165) is 23.7 Å². The Balaban J connectivity index is 1.68. The molecule has 0 radical (unpaired) electrons. The van der Waals surface area contributed by atoms with E-state index >= 15 is 0 Å². The summed E-state index contributed by atoms with van der Waals surface area (Å²) in [6.45, 7) is 0. The van der Waals surface area contributed by atoms with Crippen LogP contribution in [0.15, 0.2) is 0 Å². The number of hydrogen-bond acceptors (Lipinski definition) is 2.